The summed E-state index contributed by atoms with van der Waals surface area (Å²) in [5.41, 5.74) is 0.769. The fourth-order valence-corrected chi connectivity index (χ4v) is 3.73. The summed E-state index contributed by atoms with van der Waals surface area (Å²) in [7, 11) is 0. The molecule has 0 aromatic heterocycles. The van der Waals surface area contributed by atoms with Crippen molar-refractivity contribution >= 4 is 35.0 Å². The van der Waals surface area contributed by atoms with Crippen molar-refractivity contribution in [1.82, 2.24) is 0 Å². The summed E-state index contributed by atoms with van der Waals surface area (Å²) in [6.45, 7) is 0. The number of carboxylic acid groups (broad SMARTS) is 1. The standard InChI is InChI=1S/C13H14ClNO4S/c14-11-5-10(15(18)19)2-1-9(11)7-20-8-13(3-4-13)6-12(16)17/h1-2,5H,3-4,6-8H2,(H,16,17). The van der Waals surface area contributed by atoms with Crippen LogP contribution in [0.5, 0.6) is 0 Å². The molecule has 0 bridgehead atoms. The van der Waals surface area contributed by atoms with Gasteiger partial charge >= 0.3 is 5.97 Å². The van der Waals surface area contributed by atoms with Gasteiger partial charge in [-0.3, -0.25) is 14.9 Å². The maximum atomic E-state index is 10.7. The topological polar surface area (TPSA) is 80.4 Å². The zero-order valence-electron chi connectivity index (χ0n) is 10.7. The second kappa shape index (κ2) is 6.01. The highest BCUT2D eigenvalue weighted by Crippen LogP contribution is 2.51. The fraction of sp³-hybridized carbons (Fsp3) is 0.462. The molecule has 1 N–H and O–H groups in total. The minimum atomic E-state index is -0.753. The SMILES string of the molecule is O=C(O)CC1(CSCc2ccc([N+](=O)[O-])cc2Cl)CC1. The monoisotopic (exact) mass is 315 g/mol. The van der Waals surface area contributed by atoms with Crippen molar-refractivity contribution in [2.45, 2.75) is 25.0 Å². The Labute approximate surface area is 125 Å². The molecule has 1 aromatic carbocycles. The van der Waals surface area contributed by atoms with Gasteiger partial charge in [0.25, 0.3) is 5.69 Å². The summed E-state index contributed by atoms with van der Waals surface area (Å²) in [6, 6.07) is 4.44. The highest BCUT2D eigenvalue weighted by Gasteiger charge is 2.44. The third-order valence-electron chi connectivity index (χ3n) is 3.40. The Hall–Kier alpha value is -1.27. The normalized spacial score (nSPS) is 15.8. The average molecular weight is 316 g/mol. The van der Waals surface area contributed by atoms with Gasteiger partial charge < -0.3 is 5.11 Å². The van der Waals surface area contributed by atoms with Crippen molar-refractivity contribution in [3.05, 3.63) is 38.9 Å². The highest BCUT2D eigenvalue weighted by molar-refractivity contribution is 7.98. The summed E-state index contributed by atoms with van der Waals surface area (Å²) in [6.07, 6.45) is 2.13. The van der Waals surface area contributed by atoms with Gasteiger partial charge in [0.1, 0.15) is 0 Å². The van der Waals surface area contributed by atoms with Gasteiger partial charge in [0.05, 0.1) is 16.4 Å². The Morgan fingerprint density at radius 2 is 2.20 bits per heavy atom. The van der Waals surface area contributed by atoms with Crippen LogP contribution in [0.15, 0.2) is 18.2 Å². The molecule has 0 spiro atoms. The lowest BCUT2D eigenvalue weighted by atomic mass is 10.1. The first-order chi connectivity index (χ1) is 9.42. The Kier molecular flexibility index (Phi) is 4.55. The van der Waals surface area contributed by atoms with Crippen LogP contribution in [0.2, 0.25) is 5.02 Å². The van der Waals surface area contributed by atoms with Gasteiger partial charge in [0.2, 0.25) is 0 Å². The van der Waals surface area contributed by atoms with Gasteiger partial charge in [-0.25, -0.2) is 0 Å². The van der Waals surface area contributed by atoms with Crippen LogP contribution in [0.4, 0.5) is 5.69 Å². The summed E-state index contributed by atoms with van der Waals surface area (Å²) < 4.78 is 0. The van der Waals surface area contributed by atoms with E-state index in [1.165, 1.54) is 12.1 Å². The molecular formula is C13H14ClNO4S. The number of nitrogens with zero attached hydrogens (tertiary/aromatic N) is 1. The van der Waals surface area contributed by atoms with Crippen LogP contribution in [-0.2, 0) is 10.5 Å². The van der Waals surface area contributed by atoms with Crippen LogP contribution >= 0.6 is 23.4 Å². The number of aliphatic carboxylic acids is 1. The Balaban J connectivity index is 1.88. The molecule has 0 heterocycles. The second-order valence-corrected chi connectivity index (χ2v) is 6.49. The van der Waals surface area contributed by atoms with Gasteiger partial charge in [-0.05, 0) is 35.6 Å². The fourth-order valence-electron chi connectivity index (χ4n) is 2.01. The van der Waals surface area contributed by atoms with Gasteiger partial charge in [-0.2, -0.15) is 11.8 Å². The second-order valence-electron chi connectivity index (χ2n) is 5.10. The van der Waals surface area contributed by atoms with Crippen molar-refractivity contribution < 1.29 is 14.8 Å². The number of hydrogen-bond donors (Lipinski definition) is 1. The van der Waals surface area contributed by atoms with Crippen molar-refractivity contribution in [2.24, 2.45) is 5.41 Å². The van der Waals surface area contributed by atoms with Crippen LogP contribution in [0.1, 0.15) is 24.8 Å². The molecule has 0 aliphatic heterocycles. The number of carbonyl (C=O) groups is 1. The molecule has 20 heavy (non-hydrogen) atoms. The van der Waals surface area contributed by atoms with Crippen molar-refractivity contribution in [3.63, 3.8) is 0 Å². The molecule has 1 fully saturated rings. The number of thioether (sulfide) groups is 1. The molecule has 1 aromatic rings. The molecular weight excluding hydrogens is 302 g/mol. The molecule has 0 radical (unpaired) electrons. The lowest BCUT2D eigenvalue weighted by Gasteiger charge is -2.12. The molecule has 0 unspecified atom stereocenters. The van der Waals surface area contributed by atoms with Crippen LogP contribution in [-0.4, -0.2) is 21.8 Å². The van der Waals surface area contributed by atoms with Gasteiger partial charge in [-0.1, -0.05) is 11.6 Å². The van der Waals surface area contributed by atoms with Crippen molar-refractivity contribution in [3.8, 4) is 0 Å². The Morgan fingerprint density at radius 1 is 1.50 bits per heavy atom. The molecule has 1 saturated carbocycles. The molecule has 1 aliphatic carbocycles. The predicted octanol–water partition coefficient (Wildman–Crippen LogP) is 3.74. The van der Waals surface area contributed by atoms with Gasteiger partial charge in [0.15, 0.2) is 0 Å². The number of carboxylic acids is 1. The molecule has 1 aliphatic rings. The van der Waals surface area contributed by atoms with E-state index in [0.717, 1.165) is 24.2 Å². The first-order valence-corrected chi connectivity index (χ1v) is 7.67. The number of benzene rings is 1. The van der Waals surface area contributed by atoms with E-state index in [1.54, 1.807) is 17.8 Å². The third kappa shape index (κ3) is 3.86. The van der Waals surface area contributed by atoms with E-state index in [-0.39, 0.29) is 17.5 Å². The zero-order chi connectivity index (χ0) is 14.8. The minimum absolute atomic E-state index is 0.0201. The maximum Gasteiger partial charge on any atom is 0.303 e. The van der Waals surface area contributed by atoms with E-state index in [1.807, 2.05) is 0 Å². The summed E-state index contributed by atoms with van der Waals surface area (Å²) in [4.78, 5) is 20.9. The third-order valence-corrected chi connectivity index (χ3v) is 5.08. The van der Waals surface area contributed by atoms with Crippen LogP contribution in [0.25, 0.3) is 0 Å². The van der Waals surface area contributed by atoms with Gasteiger partial charge in [0, 0.05) is 17.9 Å². The maximum absolute atomic E-state index is 10.7. The summed E-state index contributed by atoms with van der Waals surface area (Å²) >= 11 is 7.64. The zero-order valence-corrected chi connectivity index (χ0v) is 12.2. The molecule has 5 nitrogen and oxygen atoms in total. The van der Waals surface area contributed by atoms with E-state index in [2.05, 4.69) is 0 Å². The van der Waals surface area contributed by atoms with Crippen LogP contribution < -0.4 is 0 Å². The lowest BCUT2D eigenvalue weighted by molar-refractivity contribution is -0.384. The highest BCUT2D eigenvalue weighted by atomic mass is 35.5. The largest absolute Gasteiger partial charge is 0.481 e. The number of nitro groups is 1. The number of nitro benzene ring substituents is 1. The first-order valence-electron chi connectivity index (χ1n) is 6.14. The van der Waals surface area contributed by atoms with Crippen molar-refractivity contribution in [2.75, 3.05) is 5.75 Å². The van der Waals surface area contributed by atoms with Gasteiger partial charge in [-0.15, -0.1) is 0 Å². The number of hydrogen-bond acceptors (Lipinski definition) is 4. The smallest absolute Gasteiger partial charge is 0.303 e. The lowest BCUT2D eigenvalue weighted by Crippen LogP contribution is -2.11. The van der Waals surface area contributed by atoms with E-state index >= 15 is 0 Å². The molecule has 108 valence electrons. The average Bonchev–Trinajstić information content (AvgIpc) is 3.10. The molecule has 7 heteroatoms. The van der Waals surface area contributed by atoms with E-state index in [9.17, 15) is 14.9 Å². The first kappa shape index (κ1) is 15.1. The molecule has 2 rings (SSSR count). The molecule has 0 amide bonds. The quantitative estimate of drug-likeness (QED) is 0.612. The van der Waals surface area contributed by atoms with E-state index in [4.69, 9.17) is 16.7 Å². The van der Waals surface area contributed by atoms with Crippen LogP contribution in [0.3, 0.4) is 0 Å². The number of non-ortho nitro benzene ring substituents is 1. The Morgan fingerprint density at radius 3 is 2.70 bits per heavy atom. The Bertz CT molecular complexity index is 545. The summed E-state index contributed by atoms with van der Waals surface area (Å²) in [5.74, 6) is 0.668. The van der Waals surface area contributed by atoms with E-state index < -0.39 is 10.9 Å². The number of halogens is 1. The van der Waals surface area contributed by atoms with E-state index in [0.29, 0.717) is 10.8 Å². The molecule has 0 atom stereocenters. The number of rotatable bonds is 7. The van der Waals surface area contributed by atoms with Crippen LogP contribution in [0, 0.1) is 15.5 Å². The van der Waals surface area contributed by atoms with Crippen molar-refractivity contribution in [1.29, 1.82) is 0 Å². The molecule has 0 saturated heterocycles. The summed E-state index contributed by atoms with van der Waals surface area (Å²) in [5, 5.41) is 19.8. The predicted molar refractivity (Wildman–Crippen MR) is 78.2 cm³/mol. The minimum Gasteiger partial charge on any atom is -0.481 e.